The smallest absolute Gasteiger partial charge is 0.407 e. The minimum atomic E-state index is -0.744. The lowest BCUT2D eigenvalue weighted by atomic mass is 10.0. The fourth-order valence-electron chi connectivity index (χ4n) is 1.61. The molecule has 1 amide bonds. The second-order valence-electron chi connectivity index (χ2n) is 4.13. The molecule has 0 aliphatic heterocycles. The summed E-state index contributed by atoms with van der Waals surface area (Å²) in [5.74, 6) is -0.492. The number of benzene rings is 1. The van der Waals surface area contributed by atoms with E-state index in [4.69, 9.17) is 4.74 Å². The van der Waals surface area contributed by atoms with Gasteiger partial charge in [-0.25, -0.2) is 9.59 Å². The molecule has 5 heteroatoms. The first-order chi connectivity index (χ1) is 9.06. The lowest BCUT2D eigenvalue weighted by molar-refractivity contribution is -0.142. The van der Waals surface area contributed by atoms with Gasteiger partial charge >= 0.3 is 12.1 Å². The Bertz CT molecular complexity index is 428. The number of carbonyl (C=O) groups excluding carboxylic acids is 2. The third-order valence-electron chi connectivity index (χ3n) is 2.61. The van der Waals surface area contributed by atoms with Crippen LogP contribution in [0.5, 0.6) is 0 Å². The van der Waals surface area contributed by atoms with Crippen molar-refractivity contribution in [1.29, 1.82) is 0 Å². The normalized spacial score (nSPS) is 11.5. The zero-order valence-corrected chi connectivity index (χ0v) is 11.4. The van der Waals surface area contributed by atoms with Gasteiger partial charge in [0.25, 0.3) is 0 Å². The van der Waals surface area contributed by atoms with E-state index >= 15 is 0 Å². The topological polar surface area (TPSA) is 64.6 Å². The van der Waals surface area contributed by atoms with Gasteiger partial charge in [0.1, 0.15) is 6.04 Å². The van der Waals surface area contributed by atoms with Crippen LogP contribution in [0.4, 0.5) is 4.79 Å². The highest BCUT2D eigenvalue weighted by Crippen LogP contribution is 2.07. The van der Waals surface area contributed by atoms with E-state index in [-0.39, 0.29) is 6.61 Å². The summed E-state index contributed by atoms with van der Waals surface area (Å²) < 4.78 is 9.44. The number of alkyl carbamates (subject to hydrolysis) is 1. The predicted octanol–water partition coefficient (Wildman–Crippen LogP) is 1.83. The average molecular weight is 265 g/mol. The van der Waals surface area contributed by atoms with Crippen molar-refractivity contribution in [1.82, 2.24) is 5.32 Å². The zero-order valence-electron chi connectivity index (χ0n) is 11.4. The summed E-state index contributed by atoms with van der Waals surface area (Å²) in [6, 6.07) is 6.99. The van der Waals surface area contributed by atoms with Gasteiger partial charge in [-0.15, -0.1) is 0 Å². The molecule has 0 saturated carbocycles. The maximum Gasteiger partial charge on any atom is 0.407 e. The van der Waals surface area contributed by atoms with Crippen LogP contribution in [0.3, 0.4) is 0 Å². The van der Waals surface area contributed by atoms with Crippen molar-refractivity contribution < 1.29 is 19.1 Å². The van der Waals surface area contributed by atoms with E-state index in [0.29, 0.717) is 6.42 Å². The van der Waals surface area contributed by atoms with Gasteiger partial charge in [0, 0.05) is 6.42 Å². The Labute approximate surface area is 112 Å². The van der Waals surface area contributed by atoms with Crippen molar-refractivity contribution >= 4 is 12.1 Å². The molecule has 1 atom stereocenters. The Morgan fingerprint density at radius 1 is 1.26 bits per heavy atom. The molecule has 0 spiro atoms. The first-order valence-electron chi connectivity index (χ1n) is 6.13. The molecule has 5 nitrogen and oxygen atoms in total. The van der Waals surface area contributed by atoms with Crippen molar-refractivity contribution in [2.75, 3.05) is 13.7 Å². The first-order valence-corrected chi connectivity index (χ1v) is 6.13. The van der Waals surface area contributed by atoms with Crippen molar-refractivity contribution in [3.63, 3.8) is 0 Å². The monoisotopic (exact) mass is 265 g/mol. The number of hydrogen-bond acceptors (Lipinski definition) is 4. The van der Waals surface area contributed by atoms with Gasteiger partial charge in [-0.3, -0.25) is 0 Å². The summed E-state index contributed by atoms with van der Waals surface area (Å²) in [5.41, 5.74) is 2.08. The highest BCUT2D eigenvalue weighted by atomic mass is 16.6. The summed E-state index contributed by atoms with van der Waals surface area (Å²) in [4.78, 5) is 23.0. The standard InChI is InChI=1S/C14H19NO4/c1-4-19-14(17)15-12(13(16)18-3)9-11-7-5-10(2)6-8-11/h5-8,12H,4,9H2,1-3H3,(H,15,17)/t12-/m1/s1. The number of rotatable bonds is 5. The highest BCUT2D eigenvalue weighted by molar-refractivity contribution is 5.81. The molecule has 0 bridgehead atoms. The molecule has 0 aromatic heterocycles. The molecule has 0 heterocycles. The Kier molecular flexibility index (Phi) is 5.85. The molecule has 19 heavy (non-hydrogen) atoms. The second kappa shape index (κ2) is 7.41. The third-order valence-corrected chi connectivity index (χ3v) is 2.61. The molecule has 0 fully saturated rings. The largest absolute Gasteiger partial charge is 0.467 e. The summed E-state index contributed by atoms with van der Waals surface area (Å²) in [6.07, 6.45) is -0.254. The van der Waals surface area contributed by atoms with Crippen molar-refractivity contribution in [2.24, 2.45) is 0 Å². The Balaban J connectivity index is 2.71. The SMILES string of the molecule is CCOC(=O)N[C@H](Cc1ccc(C)cc1)C(=O)OC. The van der Waals surface area contributed by atoms with Gasteiger partial charge in [-0.05, 0) is 19.4 Å². The minimum absolute atomic E-state index is 0.254. The van der Waals surface area contributed by atoms with Crippen molar-refractivity contribution in [3.8, 4) is 0 Å². The van der Waals surface area contributed by atoms with E-state index in [1.807, 2.05) is 31.2 Å². The molecular weight excluding hydrogens is 246 g/mol. The number of hydrogen-bond donors (Lipinski definition) is 1. The first kappa shape index (κ1) is 15.0. The van der Waals surface area contributed by atoms with Crippen LogP contribution < -0.4 is 5.32 Å². The van der Waals surface area contributed by atoms with Crippen LogP contribution in [0.1, 0.15) is 18.1 Å². The van der Waals surface area contributed by atoms with E-state index in [1.54, 1.807) is 6.92 Å². The zero-order chi connectivity index (χ0) is 14.3. The molecule has 1 aromatic carbocycles. The minimum Gasteiger partial charge on any atom is -0.467 e. The number of ether oxygens (including phenoxy) is 2. The van der Waals surface area contributed by atoms with Gasteiger partial charge in [0.15, 0.2) is 0 Å². The van der Waals surface area contributed by atoms with E-state index in [9.17, 15) is 9.59 Å². The fraction of sp³-hybridized carbons (Fsp3) is 0.429. The predicted molar refractivity (Wildman–Crippen MR) is 70.8 cm³/mol. The van der Waals surface area contributed by atoms with Gasteiger partial charge < -0.3 is 14.8 Å². The molecule has 0 aliphatic rings. The molecular formula is C14H19NO4. The molecule has 0 unspecified atom stereocenters. The summed E-state index contributed by atoms with van der Waals surface area (Å²) >= 11 is 0. The number of carbonyl (C=O) groups is 2. The van der Waals surface area contributed by atoms with Crippen LogP contribution >= 0.6 is 0 Å². The van der Waals surface area contributed by atoms with Gasteiger partial charge in [-0.2, -0.15) is 0 Å². The molecule has 0 aliphatic carbocycles. The van der Waals surface area contributed by atoms with Crippen LogP contribution in [0.25, 0.3) is 0 Å². The van der Waals surface area contributed by atoms with Gasteiger partial charge in [0.2, 0.25) is 0 Å². The Morgan fingerprint density at radius 3 is 2.42 bits per heavy atom. The average Bonchev–Trinajstić information content (AvgIpc) is 2.40. The maximum atomic E-state index is 11.6. The van der Waals surface area contributed by atoms with Crippen molar-refractivity contribution in [3.05, 3.63) is 35.4 Å². The van der Waals surface area contributed by atoms with E-state index in [0.717, 1.165) is 11.1 Å². The maximum absolute atomic E-state index is 11.6. The number of esters is 1. The quantitative estimate of drug-likeness (QED) is 0.825. The second-order valence-corrected chi connectivity index (χ2v) is 4.13. The molecule has 1 aromatic rings. The molecule has 104 valence electrons. The summed E-state index contributed by atoms with van der Waals surface area (Å²) in [5, 5.41) is 2.50. The Hall–Kier alpha value is -2.04. The molecule has 0 radical (unpaired) electrons. The summed E-state index contributed by atoms with van der Waals surface area (Å²) in [6.45, 7) is 3.94. The van der Waals surface area contributed by atoms with Crippen LogP contribution in [0, 0.1) is 6.92 Å². The van der Waals surface area contributed by atoms with Gasteiger partial charge in [-0.1, -0.05) is 29.8 Å². The van der Waals surface area contributed by atoms with Crippen LogP contribution in [-0.4, -0.2) is 31.8 Å². The lowest BCUT2D eigenvalue weighted by Gasteiger charge is -2.16. The van der Waals surface area contributed by atoms with Crippen molar-refractivity contribution in [2.45, 2.75) is 26.3 Å². The van der Waals surface area contributed by atoms with Crippen LogP contribution in [-0.2, 0) is 20.7 Å². The highest BCUT2D eigenvalue weighted by Gasteiger charge is 2.22. The van der Waals surface area contributed by atoms with Crippen LogP contribution in [0.2, 0.25) is 0 Å². The molecule has 1 N–H and O–H groups in total. The third kappa shape index (κ3) is 4.99. The fourth-order valence-corrected chi connectivity index (χ4v) is 1.61. The van der Waals surface area contributed by atoms with E-state index in [2.05, 4.69) is 10.1 Å². The molecule has 1 rings (SSSR count). The number of nitrogens with one attached hydrogen (secondary N) is 1. The Morgan fingerprint density at radius 2 is 1.89 bits per heavy atom. The van der Waals surface area contributed by atoms with Crippen LogP contribution in [0.15, 0.2) is 24.3 Å². The number of aryl methyl sites for hydroxylation is 1. The van der Waals surface area contributed by atoms with Gasteiger partial charge in [0.05, 0.1) is 13.7 Å². The van der Waals surface area contributed by atoms with E-state index in [1.165, 1.54) is 7.11 Å². The lowest BCUT2D eigenvalue weighted by Crippen LogP contribution is -2.43. The van der Waals surface area contributed by atoms with E-state index < -0.39 is 18.1 Å². The number of methoxy groups -OCH3 is 1. The summed E-state index contributed by atoms with van der Waals surface area (Å²) in [7, 11) is 1.29. The number of amides is 1. The molecule has 0 saturated heterocycles.